The van der Waals surface area contributed by atoms with Gasteiger partial charge in [-0.1, -0.05) is 32.0 Å². The summed E-state index contributed by atoms with van der Waals surface area (Å²) in [6.07, 6.45) is 0.0277. The van der Waals surface area contributed by atoms with E-state index in [1.165, 1.54) is 0 Å². The number of carbonyl (C=O) groups is 1. The van der Waals surface area contributed by atoms with E-state index >= 15 is 0 Å². The minimum Gasteiger partial charge on any atom is -0.457 e. The van der Waals surface area contributed by atoms with Gasteiger partial charge in [0.25, 0.3) is 0 Å². The molecule has 1 saturated heterocycles. The number of nitrogens with one attached hydrogen (secondary N) is 2. The lowest BCUT2D eigenvalue weighted by Crippen LogP contribution is -2.48. The number of ether oxygens (including phenoxy) is 2. The average molecular weight is 383 g/mol. The Kier molecular flexibility index (Phi) is 7.28. The summed E-state index contributed by atoms with van der Waals surface area (Å²) in [6.45, 7) is 8.50. The number of hydrogen-bond donors (Lipinski definition) is 2. The molecule has 1 unspecified atom stereocenters. The molecule has 1 heterocycles. The van der Waals surface area contributed by atoms with E-state index in [1.807, 2.05) is 54.6 Å². The molecule has 150 valence electrons. The van der Waals surface area contributed by atoms with Crippen LogP contribution in [0.25, 0.3) is 0 Å². The lowest BCUT2D eigenvalue weighted by atomic mass is 10.2. The zero-order valence-corrected chi connectivity index (χ0v) is 16.6. The maximum atomic E-state index is 12.2. The van der Waals surface area contributed by atoms with E-state index < -0.39 is 0 Å². The third-order valence-electron chi connectivity index (χ3n) is 4.43. The van der Waals surface area contributed by atoms with E-state index in [4.69, 9.17) is 9.47 Å². The fourth-order valence-electron chi connectivity index (χ4n) is 3.20. The van der Waals surface area contributed by atoms with E-state index in [1.54, 1.807) is 0 Å². The first-order chi connectivity index (χ1) is 13.6. The molecule has 0 bridgehead atoms. The van der Waals surface area contributed by atoms with E-state index in [9.17, 15) is 4.79 Å². The number of nitrogens with zero attached hydrogens (tertiary/aromatic N) is 1. The number of amides is 2. The Morgan fingerprint density at radius 2 is 1.86 bits per heavy atom. The Morgan fingerprint density at radius 1 is 1.14 bits per heavy atom. The Bertz CT molecular complexity index is 734. The quantitative estimate of drug-likeness (QED) is 0.760. The van der Waals surface area contributed by atoms with Gasteiger partial charge >= 0.3 is 6.03 Å². The minimum absolute atomic E-state index is 0.0277. The monoisotopic (exact) mass is 383 g/mol. The van der Waals surface area contributed by atoms with Crippen LogP contribution in [0.15, 0.2) is 54.6 Å². The lowest BCUT2D eigenvalue weighted by Gasteiger charge is -2.33. The number of benzene rings is 2. The van der Waals surface area contributed by atoms with Crippen molar-refractivity contribution >= 4 is 11.7 Å². The molecule has 1 aliphatic rings. The highest BCUT2D eigenvalue weighted by Gasteiger charge is 2.21. The van der Waals surface area contributed by atoms with E-state index in [-0.39, 0.29) is 12.1 Å². The molecule has 2 aromatic carbocycles. The number of hydrogen-bond acceptors (Lipinski definition) is 4. The summed E-state index contributed by atoms with van der Waals surface area (Å²) in [7, 11) is 0. The van der Waals surface area contributed by atoms with Gasteiger partial charge in [-0.25, -0.2) is 4.79 Å². The van der Waals surface area contributed by atoms with Gasteiger partial charge in [-0.15, -0.1) is 0 Å². The third kappa shape index (κ3) is 6.55. The van der Waals surface area contributed by atoms with Crippen LogP contribution in [0.4, 0.5) is 10.5 Å². The highest BCUT2D eigenvalue weighted by molar-refractivity contribution is 5.89. The summed E-state index contributed by atoms with van der Waals surface area (Å²) in [5.74, 6) is 2.13. The van der Waals surface area contributed by atoms with Crippen molar-refractivity contribution < 1.29 is 14.3 Å². The van der Waals surface area contributed by atoms with Crippen LogP contribution in [-0.4, -0.2) is 49.8 Å². The average Bonchev–Trinajstić information content (AvgIpc) is 2.69. The fraction of sp³-hybridized carbons (Fsp3) is 0.409. The molecule has 0 saturated carbocycles. The van der Waals surface area contributed by atoms with Gasteiger partial charge in [0.1, 0.15) is 11.5 Å². The number of morpholine rings is 1. The number of carbonyl (C=O) groups excluding carboxylic acids is 1. The van der Waals surface area contributed by atoms with Gasteiger partial charge in [0.05, 0.1) is 12.7 Å². The standard InChI is InChI=1S/C22H29N3O3/c1-17(2)15-25-12-13-27-21(16-25)14-23-22(26)24-18-8-10-20(11-9-18)28-19-6-4-3-5-7-19/h3-11,17,21H,12-16H2,1-2H3,(H2,23,24,26). The summed E-state index contributed by atoms with van der Waals surface area (Å²) in [5, 5.41) is 5.74. The summed E-state index contributed by atoms with van der Waals surface area (Å²) < 4.78 is 11.5. The normalized spacial score (nSPS) is 17.3. The molecule has 3 rings (SSSR count). The van der Waals surface area contributed by atoms with Crippen LogP contribution in [0.3, 0.4) is 0 Å². The van der Waals surface area contributed by atoms with Gasteiger partial charge in [-0.05, 0) is 42.3 Å². The van der Waals surface area contributed by atoms with Crippen molar-refractivity contribution in [1.82, 2.24) is 10.2 Å². The molecule has 1 fully saturated rings. The molecular weight excluding hydrogens is 354 g/mol. The first-order valence-electron chi connectivity index (χ1n) is 9.80. The molecule has 6 heteroatoms. The van der Waals surface area contributed by atoms with Gasteiger partial charge in [0.15, 0.2) is 0 Å². The Labute approximate surface area is 166 Å². The molecule has 2 aromatic rings. The molecule has 1 aliphatic heterocycles. The van der Waals surface area contributed by atoms with Gasteiger partial charge in [-0.2, -0.15) is 0 Å². The summed E-state index contributed by atoms with van der Waals surface area (Å²) >= 11 is 0. The second kappa shape index (κ2) is 10.1. The maximum Gasteiger partial charge on any atom is 0.319 e. The Morgan fingerprint density at radius 3 is 2.57 bits per heavy atom. The number of urea groups is 1. The van der Waals surface area contributed by atoms with Crippen LogP contribution in [0, 0.1) is 5.92 Å². The van der Waals surface area contributed by atoms with Crippen molar-refractivity contribution in [3.8, 4) is 11.5 Å². The second-order valence-electron chi connectivity index (χ2n) is 7.42. The molecule has 2 amide bonds. The Balaban J connectivity index is 1.42. The predicted octanol–water partition coefficient (Wildman–Crippen LogP) is 3.96. The SMILES string of the molecule is CC(C)CN1CCOC(CNC(=O)Nc2ccc(Oc3ccccc3)cc2)C1. The first-order valence-corrected chi connectivity index (χ1v) is 9.80. The highest BCUT2D eigenvalue weighted by atomic mass is 16.5. The van der Waals surface area contributed by atoms with Crippen molar-refractivity contribution in [2.75, 3.05) is 38.1 Å². The fourth-order valence-corrected chi connectivity index (χ4v) is 3.20. The summed E-state index contributed by atoms with van der Waals surface area (Å²) in [5.41, 5.74) is 0.712. The van der Waals surface area contributed by atoms with Crippen LogP contribution < -0.4 is 15.4 Å². The summed E-state index contributed by atoms with van der Waals surface area (Å²) in [6, 6.07) is 16.7. The molecule has 1 atom stereocenters. The van der Waals surface area contributed by atoms with Gasteiger partial charge in [0, 0.05) is 31.9 Å². The van der Waals surface area contributed by atoms with Crippen molar-refractivity contribution in [2.45, 2.75) is 20.0 Å². The predicted molar refractivity (Wildman–Crippen MR) is 111 cm³/mol. The highest BCUT2D eigenvalue weighted by Crippen LogP contribution is 2.22. The summed E-state index contributed by atoms with van der Waals surface area (Å²) in [4.78, 5) is 14.6. The van der Waals surface area contributed by atoms with Crippen LogP contribution >= 0.6 is 0 Å². The molecule has 0 radical (unpaired) electrons. The third-order valence-corrected chi connectivity index (χ3v) is 4.43. The van der Waals surface area contributed by atoms with Crippen molar-refractivity contribution in [3.05, 3.63) is 54.6 Å². The van der Waals surface area contributed by atoms with Crippen LogP contribution in [-0.2, 0) is 4.74 Å². The number of anilines is 1. The van der Waals surface area contributed by atoms with Crippen molar-refractivity contribution in [1.29, 1.82) is 0 Å². The molecule has 2 N–H and O–H groups in total. The van der Waals surface area contributed by atoms with Gasteiger partial charge in [-0.3, -0.25) is 4.90 Å². The second-order valence-corrected chi connectivity index (χ2v) is 7.42. The first kappa shape index (κ1) is 20.2. The molecule has 0 aromatic heterocycles. The number of para-hydroxylation sites is 1. The molecule has 0 spiro atoms. The van der Waals surface area contributed by atoms with Gasteiger partial charge in [0.2, 0.25) is 0 Å². The molecule has 6 nitrogen and oxygen atoms in total. The van der Waals surface area contributed by atoms with Crippen molar-refractivity contribution in [3.63, 3.8) is 0 Å². The van der Waals surface area contributed by atoms with Crippen LogP contribution in [0.1, 0.15) is 13.8 Å². The maximum absolute atomic E-state index is 12.2. The number of rotatable bonds is 7. The van der Waals surface area contributed by atoms with E-state index in [0.29, 0.717) is 24.8 Å². The minimum atomic E-state index is -0.235. The molecule has 0 aliphatic carbocycles. The van der Waals surface area contributed by atoms with Crippen LogP contribution in [0.5, 0.6) is 11.5 Å². The van der Waals surface area contributed by atoms with Crippen LogP contribution in [0.2, 0.25) is 0 Å². The Hall–Kier alpha value is -2.57. The smallest absolute Gasteiger partial charge is 0.319 e. The zero-order valence-electron chi connectivity index (χ0n) is 16.6. The molecular formula is C22H29N3O3. The van der Waals surface area contributed by atoms with E-state index in [0.717, 1.165) is 31.1 Å². The lowest BCUT2D eigenvalue weighted by molar-refractivity contribution is -0.0288. The topological polar surface area (TPSA) is 62.8 Å². The van der Waals surface area contributed by atoms with Crippen molar-refractivity contribution in [2.24, 2.45) is 5.92 Å². The van der Waals surface area contributed by atoms with E-state index in [2.05, 4.69) is 29.4 Å². The molecule has 28 heavy (non-hydrogen) atoms. The zero-order chi connectivity index (χ0) is 19.8. The van der Waals surface area contributed by atoms with Gasteiger partial charge < -0.3 is 20.1 Å². The largest absolute Gasteiger partial charge is 0.457 e.